The van der Waals surface area contributed by atoms with E-state index >= 15 is 0 Å². The third-order valence-electron chi connectivity index (χ3n) is 2.32. The number of non-ortho nitro benzene ring substituents is 1. The van der Waals surface area contributed by atoms with Gasteiger partial charge < -0.3 is 5.32 Å². The Morgan fingerprint density at radius 1 is 1.37 bits per heavy atom. The van der Waals surface area contributed by atoms with Crippen molar-refractivity contribution in [3.8, 4) is 0 Å². The summed E-state index contributed by atoms with van der Waals surface area (Å²) in [7, 11) is 0. The van der Waals surface area contributed by atoms with Crippen LogP contribution in [0.15, 0.2) is 24.3 Å². The van der Waals surface area contributed by atoms with E-state index in [0.29, 0.717) is 5.56 Å². The minimum Gasteiger partial charge on any atom is -0.345 e. The van der Waals surface area contributed by atoms with Crippen molar-refractivity contribution in [3.05, 3.63) is 39.9 Å². The highest BCUT2D eigenvalue weighted by Gasteiger charge is 2.39. The number of carbonyl (C=O) groups excluding carboxylic acids is 1. The minimum absolute atomic E-state index is 0.101. The molecule has 0 bridgehead atoms. The van der Waals surface area contributed by atoms with Crippen molar-refractivity contribution in [2.75, 3.05) is 0 Å². The number of nitrogens with zero attached hydrogens (tertiary/aromatic N) is 1. The zero-order valence-electron chi connectivity index (χ0n) is 9.90. The van der Waals surface area contributed by atoms with E-state index in [9.17, 15) is 28.1 Å². The Labute approximate surface area is 106 Å². The molecule has 0 spiro atoms. The molecule has 1 unspecified atom stereocenters. The molecule has 0 aliphatic heterocycles. The Morgan fingerprint density at radius 3 is 2.32 bits per heavy atom. The molecule has 0 aliphatic rings. The molecule has 0 radical (unpaired) electrons. The smallest absolute Gasteiger partial charge is 0.345 e. The molecule has 1 atom stereocenters. The summed E-state index contributed by atoms with van der Waals surface area (Å²) in [6.07, 6.45) is -4.76. The molecular weight excluding hydrogens is 265 g/mol. The highest BCUT2D eigenvalue weighted by molar-refractivity contribution is 5.81. The first-order valence-corrected chi connectivity index (χ1v) is 5.31. The van der Waals surface area contributed by atoms with Crippen LogP contribution in [0, 0.1) is 10.1 Å². The van der Waals surface area contributed by atoms with Gasteiger partial charge in [0, 0.05) is 18.2 Å². The Balaban J connectivity index is 2.60. The minimum atomic E-state index is -4.91. The van der Waals surface area contributed by atoms with E-state index in [4.69, 9.17) is 0 Å². The Hall–Kier alpha value is -2.12. The van der Waals surface area contributed by atoms with Gasteiger partial charge in [0.15, 0.2) is 0 Å². The fraction of sp³-hybridized carbons (Fsp3) is 0.364. The molecule has 1 aromatic rings. The fourth-order valence-electron chi connectivity index (χ4n) is 1.46. The van der Waals surface area contributed by atoms with Crippen molar-refractivity contribution in [1.29, 1.82) is 0 Å². The van der Waals surface area contributed by atoms with Crippen molar-refractivity contribution in [3.63, 3.8) is 0 Å². The second-order valence-electron chi connectivity index (χ2n) is 4.00. The van der Waals surface area contributed by atoms with Crippen molar-refractivity contribution >= 4 is 11.6 Å². The van der Waals surface area contributed by atoms with Crippen LogP contribution in [0.3, 0.4) is 0 Å². The van der Waals surface area contributed by atoms with Crippen LogP contribution in [0.5, 0.6) is 0 Å². The molecule has 0 aromatic heterocycles. The van der Waals surface area contributed by atoms with Crippen molar-refractivity contribution in [2.24, 2.45) is 0 Å². The van der Waals surface area contributed by atoms with Crippen LogP contribution in [0.4, 0.5) is 18.9 Å². The fourth-order valence-corrected chi connectivity index (χ4v) is 1.46. The lowest BCUT2D eigenvalue weighted by molar-refractivity contribution is -0.384. The topological polar surface area (TPSA) is 72.2 Å². The number of alkyl halides is 3. The van der Waals surface area contributed by atoms with Gasteiger partial charge in [0.1, 0.15) is 0 Å². The highest BCUT2D eigenvalue weighted by Crippen LogP contribution is 2.16. The first-order valence-electron chi connectivity index (χ1n) is 5.31. The third-order valence-corrected chi connectivity index (χ3v) is 2.32. The van der Waals surface area contributed by atoms with Crippen LogP contribution >= 0.6 is 0 Å². The molecule has 1 aromatic carbocycles. The number of nitro groups is 1. The van der Waals surface area contributed by atoms with Crippen molar-refractivity contribution in [1.82, 2.24) is 5.32 Å². The average Bonchev–Trinajstić information content (AvgIpc) is 2.28. The average molecular weight is 276 g/mol. The van der Waals surface area contributed by atoms with Crippen LogP contribution in [0.1, 0.15) is 12.5 Å². The summed E-state index contributed by atoms with van der Waals surface area (Å²) < 4.78 is 36.0. The van der Waals surface area contributed by atoms with Crippen molar-refractivity contribution in [2.45, 2.75) is 25.6 Å². The number of hydrogen-bond donors (Lipinski definition) is 1. The largest absolute Gasteiger partial charge is 0.471 e. The summed E-state index contributed by atoms with van der Waals surface area (Å²) in [5.41, 5.74) is 0.497. The lowest BCUT2D eigenvalue weighted by Gasteiger charge is -2.15. The predicted molar refractivity (Wildman–Crippen MR) is 60.5 cm³/mol. The van der Waals surface area contributed by atoms with Crippen LogP contribution in [-0.4, -0.2) is 23.0 Å². The van der Waals surface area contributed by atoms with E-state index in [0.717, 1.165) is 0 Å². The third kappa shape index (κ3) is 4.57. The molecule has 1 rings (SSSR count). The number of amides is 1. The van der Waals surface area contributed by atoms with Crippen LogP contribution < -0.4 is 5.32 Å². The monoisotopic (exact) mass is 276 g/mol. The van der Waals surface area contributed by atoms with Gasteiger partial charge in [-0.05, 0) is 18.9 Å². The van der Waals surface area contributed by atoms with Gasteiger partial charge in [0.05, 0.1) is 4.92 Å². The molecule has 0 saturated heterocycles. The predicted octanol–water partition coefficient (Wildman–Crippen LogP) is 2.20. The van der Waals surface area contributed by atoms with Crippen molar-refractivity contribution < 1.29 is 22.9 Å². The number of carbonyl (C=O) groups is 1. The standard InChI is InChI=1S/C11H11F3N2O3/c1-7(15-10(17)11(12,13)14)6-8-2-4-9(5-3-8)16(18)19/h2-5,7H,6H2,1H3,(H,15,17). The maximum atomic E-state index is 12.0. The van der Waals surface area contributed by atoms with E-state index in [2.05, 4.69) is 0 Å². The highest BCUT2D eigenvalue weighted by atomic mass is 19.4. The first kappa shape index (κ1) is 14.9. The molecule has 0 fully saturated rings. The Bertz CT molecular complexity index is 471. The molecule has 5 nitrogen and oxygen atoms in total. The molecule has 104 valence electrons. The van der Waals surface area contributed by atoms with E-state index < -0.39 is 23.0 Å². The number of halogens is 3. The van der Waals surface area contributed by atoms with E-state index in [1.807, 2.05) is 5.32 Å². The zero-order chi connectivity index (χ0) is 14.6. The quantitative estimate of drug-likeness (QED) is 0.677. The van der Waals surface area contributed by atoms with Gasteiger partial charge in [-0.25, -0.2) is 0 Å². The molecule has 0 saturated carbocycles. The van der Waals surface area contributed by atoms with Crippen LogP contribution in [0.2, 0.25) is 0 Å². The number of nitro benzene ring substituents is 1. The summed E-state index contributed by atoms with van der Waals surface area (Å²) in [5, 5.41) is 12.2. The summed E-state index contributed by atoms with van der Waals surface area (Å²) >= 11 is 0. The van der Waals surface area contributed by atoms with Gasteiger partial charge in [-0.3, -0.25) is 14.9 Å². The van der Waals surface area contributed by atoms with Gasteiger partial charge in [-0.2, -0.15) is 13.2 Å². The zero-order valence-corrected chi connectivity index (χ0v) is 9.90. The van der Waals surface area contributed by atoms with Gasteiger partial charge in [-0.15, -0.1) is 0 Å². The van der Waals surface area contributed by atoms with Gasteiger partial charge in [0.25, 0.3) is 5.69 Å². The second kappa shape index (κ2) is 5.68. The lowest BCUT2D eigenvalue weighted by Crippen LogP contribution is -2.42. The number of nitrogens with one attached hydrogen (secondary N) is 1. The molecule has 1 amide bonds. The number of rotatable bonds is 4. The SMILES string of the molecule is CC(Cc1ccc([N+](=O)[O-])cc1)NC(=O)C(F)(F)F. The molecule has 1 N–H and O–H groups in total. The summed E-state index contributed by atoms with van der Waals surface area (Å²) in [5.74, 6) is -2.00. The maximum Gasteiger partial charge on any atom is 0.471 e. The summed E-state index contributed by atoms with van der Waals surface area (Å²) in [4.78, 5) is 20.5. The molecule has 19 heavy (non-hydrogen) atoms. The van der Waals surface area contributed by atoms with E-state index in [1.54, 1.807) is 0 Å². The first-order chi connectivity index (χ1) is 8.70. The number of hydrogen-bond acceptors (Lipinski definition) is 3. The van der Waals surface area contributed by atoms with Gasteiger partial charge >= 0.3 is 12.1 Å². The summed E-state index contributed by atoms with van der Waals surface area (Å²) in [6, 6.07) is 4.67. The molecule has 8 heteroatoms. The van der Waals surface area contributed by atoms with E-state index in [1.165, 1.54) is 31.2 Å². The normalized spacial score (nSPS) is 12.8. The summed E-state index contributed by atoms with van der Waals surface area (Å²) in [6.45, 7) is 1.42. The number of benzene rings is 1. The molecular formula is C11H11F3N2O3. The Kier molecular flexibility index (Phi) is 4.47. The molecule has 0 aliphatic carbocycles. The van der Waals surface area contributed by atoms with Crippen LogP contribution in [0.25, 0.3) is 0 Å². The lowest BCUT2D eigenvalue weighted by atomic mass is 10.1. The van der Waals surface area contributed by atoms with Crippen LogP contribution in [-0.2, 0) is 11.2 Å². The second-order valence-corrected chi connectivity index (χ2v) is 4.00. The van der Waals surface area contributed by atoms with E-state index in [-0.39, 0.29) is 12.1 Å². The molecule has 0 heterocycles. The Morgan fingerprint density at radius 2 is 1.89 bits per heavy atom. The maximum absolute atomic E-state index is 12.0. The van der Waals surface area contributed by atoms with Gasteiger partial charge in [-0.1, -0.05) is 12.1 Å². The van der Waals surface area contributed by atoms with Gasteiger partial charge in [0.2, 0.25) is 0 Å².